The molecule has 0 unspecified atom stereocenters. The van der Waals surface area contributed by atoms with E-state index in [1.54, 1.807) is 18.3 Å². The number of piperidine rings is 1. The van der Waals surface area contributed by atoms with Gasteiger partial charge in [0.15, 0.2) is 0 Å². The summed E-state index contributed by atoms with van der Waals surface area (Å²) in [6, 6.07) is 11.2. The minimum absolute atomic E-state index is 0.0374. The molecule has 6 nitrogen and oxygen atoms in total. The van der Waals surface area contributed by atoms with Gasteiger partial charge in [-0.15, -0.1) is 11.8 Å². The molecule has 1 saturated carbocycles. The molecule has 1 aromatic heterocycles. The average molecular weight is 446 g/mol. The van der Waals surface area contributed by atoms with Crippen LogP contribution in [-0.2, 0) is 14.8 Å². The monoisotopic (exact) mass is 445 g/mol. The second-order valence-electron chi connectivity index (χ2n) is 7.91. The normalized spacial score (nSPS) is 19.1. The van der Waals surface area contributed by atoms with Gasteiger partial charge in [0.05, 0.1) is 0 Å². The first-order valence-electron chi connectivity index (χ1n) is 10.5. The number of pyridine rings is 1. The summed E-state index contributed by atoms with van der Waals surface area (Å²) in [5.74, 6) is -0.220. The summed E-state index contributed by atoms with van der Waals surface area (Å²) in [6.07, 6.45) is 9.18. The van der Waals surface area contributed by atoms with Gasteiger partial charge in [0.1, 0.15) is 4.90 Å². The molecule has 0 bridgehead atoms. The molecule has 0 atom stereocenters. The van der Waals surface area contributed by atoms with Crippen LogP contribution in [0.5, 0.6) is 0 Å². The van der Waals surface area contributed by atoms with Crippen LogP contribution in [0.4, 0.5) is 5.69 Å². The molecule has 1 aromatic carbocycles. The SMILES string of the molecule is O=C(Nc1ccc(SC2CCCC2)cc1)C1CCN(S(=O)(=O)c2cccnc2)CC1. The zero-order chi connectivity index (χ0) is 21.0. The van der Waals surface area contributed by atoms with Gasteiger partial charge < -0.3 is 5.32 Å². The van der Waals surface area contributed by atoms with E-state index < -0.39 is 10.0 Å². The number of sulfonamides is 1. The fourth-order valence-electron chi connectivity index (χ4n) is 4.07. The number of carbonyl (C=O) groups is 1. The number of anilines is 1. The highest BCUT2D eigenvalue weighted by molar-refractivity contribution is 8.00. The molecule has 4 rings (SSSR count). The van der Waals surface area contributed by atoms with Gasteiger partial charge in [0, 0.05) is 47.2 Å². The van der Waals surface area contributed by atoms with Crippen LogP contribution in [-0.4, -0.2) is 42.0 Å². The van der Waals surface area contributed by atoms with Crippen LogP contribution >= 0.6 is 11.8 Å². The lowest BCUT2D eigenvalue weighted by molar-refractivity contribution is -0.120. The zero-order valence-corrected chi connectivity index (χ0v) is 18.5. The van der Waals surface area contributed by atoms with E-state index in [1.165, 1.54) is 41.1 Å². The molecule has 0 spiro atoms. The number of hydrogen-bond acceptors (Lipinski definition) is 5. The van der Waals surface area contributed by atoms with E-state index in [0.717, 1.165) is 10.9 Å². The second kappa shape index (κ2) is 9.49. The number of thioether (sulfide) groups is 1. The maximum atomic E-state index is 12.7. The zero-order valence-electron chi connectivity index (χ0n) is 16.9. The van der Waals surface area contributed by atoms with Crippen LogP contribution in [0, 0.1) is 5.92 Å². The topological polar surface area (TPSA) is 79.4 Å². The van der Waals surface area contributed by atoms with Gasteiger partial charge >= 0.3 is 0 Å². The number of benzene rings is 1. The molecule has 1 N–H and O–H groups in total. The predicted octanol–water partition coefficient (Wildman–Crippen LogP) is 4.16. The van der Waals surface area contributed by atoms with Gasteiger partial charge in [-0.25, -0.2) is 8.42 Å². The van der Waals surface area contributed by atoms with E-state index in [1.807, 2.05) is 23.9 Å². The van der Waals surface area contributed by atoms with Crippen molar-refractivity contribution in [3.63, 3.8) is 0 Å². The van der Waals surface area contributed by atoms with Gasteiger partial charge in [-0.2, -0.15) is 4.31 Å². The molecule has 8 heteroatoms. The molecular weight excluding hydrogens is 418 g/mol. The summed E-state index contributed by atoms with van der Waals surface area (Å²) in [5, 5.41) is 3.71. The highest BCUT2D eigenvalue weighted by atomic mass is 32.2. The average Bonchev–Trinajstić information content (AvgIpc) is 3.29. The minimum atomic E-state index is -3.55. The third-order valence-corrected chi connectivity index (χ3v) is 9.05. The number of nitrogens with zero attached hydrogens (tertiary/aromatic N) is 2. The molecule has 1 aliphatic carbocycles. The summed E-state index contributed by atoms with van der Waals surface area (Å²) in [5.41, 5.74) is 0.793. The second-order valence-corrected chi connectivity index (χ2v) is 11.2. The molecule has 2 aliphatic rings. The summed E-state index contributed by atoms with van der Waals surface area (Å²) < 4.78 is 26.8. The van der Waals surface area contributed by atoms with Gasteiger partial charge in [-0.05, 0) is 62.1 Å². The first kappa shape index (κ1) is 21.3. The first-order chi connectivity index (χ1) is 14.5. The van der Waals surface area contributed by atoms with Crippen molar-refractivity contribution in [2.45, 2.75) is 53.6 Å². The summed E-state index contributed by atoms with van der Waals surface area (Å²) in [6.45, 7) is 0.679. The van der Waals surface area contributed by atoms with Crippen LogP contribution in [0.25, 0.3) is 0 Å². The Morgan fingerprint density at radius 2 is 1.73 bits per heavy atom. The lowest BCUT2D eigenvalue weighted by Crippen LogP contribution is -2.41. The number of aromatic nitrogens is 1. The Morgan fingerprint density at radius 3 is 2.37 bits per heavy atom. The van der Waals surface area contributed by atoms with Gasteiger partial charge in [-0.3, -0.25) is 9.78 Å². The Bertz CT molecular complexity index is 951. The van der Waals surface area contributed by atoms with Crippen molar-refractivity contribution >= 4 is 33.4 Å². The van der Waals surface area contributed by atoms with Crippen molar-refractivity contribution in [3.8, 4) is 0 Å². The van der Waals surface area contributed by atoms with E-state index in [-0.39, 0.29) is 16.7 Å². The van der Waals surface area contributed by atoms with Crippen molar-refractivity contribution in [3.05, 3.63) is 48.8 Å². The quantitative estimate of drug-likeness (QED) is 0.722. The van der Waals surface area contributed by atoms with Crippen LogP contribution in [0.15, 0.2) is 58.6 Å². The number of hydrogen-bond donors (Lipinski definition) is 1. The van der Waals surface area contributed by atoms with E-state index in [9.17, 15) is 13.2 Å². The Labute approximate surface area is 182 Å². The van der Waals surface area contributed by atoms with Gasteiger partial charge in [-0.1, -0.05) is 12.8 Å². The summed E-state index contributed by atoms with van der Waals surface area (Å²) in [7, 11) is -3.55. The van der Waals surface area contributed by atoms with Crippen molar-refractivity contribution in [2.75, 3.05) is 18.4 Å². The van der Waals surface area contributed by atoms with Crippen LogP contribution < -0.4 is 5.32 Å². The third-order valence-electron chi connectivity index (χ3n) is 5.82. The highest BCUT2D eigenvalue weighted by Crippen LogP contribution is 2.35. The molecule has 30 heavy (non-hydrogen) atoms. The smallest absolute Gasteiger partial charge is 0.244 e. The third kappa shape index (κ3) is 5.04. The first-order valence-corrected chi connectivity index (χ1v) is 12.8. The summed E-state index contributed by atoms with van der Waals surface area (Å²) >= 11 is 1.93. The number of rotatable bonds is 6. The molecule has 1 saturated heterocycles. The van der Waals surface area contributed by atoms with Crippen LogP contribution in [0.1, 0.15) is 38.5 Å². The molecule has 2 heterocycles. The summed E-state index contributed by atoms with van der Waals surface area (Å²) in [4.78, 5) is 18.0. The molecule has 1 amide bonds. The number of carbonyl (C=O) groups excluding carboxylic acids is 1. The molecule has 1 aliphatic heterocycles. The highest BCUT2D eigenvalue weighted by Gasteiger charge is 2.32. The van der Waals surface area contributed by atoms with Gasteiger partial charge in [0.2, 0.25) is 15.9 Å². The van der Waals surface area contributed by atoms with Crippen molar-refractivity contribution in [1.82, 2.24) is 9.29 Å². The van der Waals surface area contributed by atoms with E-state index in [2.05, 4.69) is 22.4 Å². The fraction of sp³-hybridized carbons (Fsp3) is 0.455. The molecule has 0 radical (unpaired) electrons. The van der Waals surface area contributed by atoms with E-state index in [0.29, 0.717) is 25.9 Å². The standard InChI is InChI=1S/C22H27N3O3S2/c26-22(24-18-7-9-20(10-8-18)29-19-4-1-2-5-19)17-11-14-25(15-12-17)30(27,28)21-6-3-13-23-16-21/h3,6-10,13,16-17,19H,1-2,4-5,11-12,14-15H2,(H,24,26). The van der Waals surface area contributed by atoms with Crippen molar-refractivity contribution in [2.24, 2.45) is 5.92 Å². The van der Waals surface area contributed by atoms with Crippen LogP contribution in [0.2, 0.25) is 0 Å². The maximum absolute atomic E-state index is 12.7. The molecular formula is C22H27N3O3S2. The molecule has 160 valence electrons. The Morgan fingerprint density at radius 1 is 1.03 bits per heavy atom. The van der Waals surface area contributed by atoms with Gasteiger partial charge in [0.25, 0.3) is 0 Å². The Hall–Kier alpha value is -1.90. The van der Waals surface area contributed by atoms with Crippen molar-refractivity contribution in [1.29, 1.82) is 0 Å². The van der Waals surface area contributed by atoms with E-state index in [4.69, 9.17) is 0 Å². The van der Waals surface area contributed by atoms with E-state index >= 15 is 0 Å². The fourth-order valence-corrected chi connectivity index (χ4v) is 6.75. The number of amides is 1. The van der Waals surface area contributed by atoms with Crippen LogP contribution in [0.3, 0.4) is 0 Å². The maximum Gasteiger partial charge on any atom is 0.244 e. The largest absolute Gasteiger partial charge is 0.326 e. The minimum Gasteiger partial charge on any atom is -0.326 e. The Balaban J connectivity index is 1.29. The Kier molecular flexibility index (Phi) is 6.75. The predicted molar refractivity (Wildman–Crippen MR) is 119 cm³/mol. The molecule has 2 aromatic rings. The lowest BCUT2D eigenvalue weighted by Gasteiger charge is -2.30. The van der Waals surface area contributed by atoms with Crippen molar-refractivity contribution < 1.29 is 13.2 Å². The lowest BCUT2D eigenvalue weighted by atomic mass is 9.97. The molecule has 2 fully saturated rings. The number of nitrogens with one attached hydrogen (secondary N) is 1.